The number of halogens is 4. The summed E-state index contributed by atoms with van der Waals surface area (Å²) < 4.78 is 36.9. The molecular weight excluding hydrogens is 273 g/mol. The molecule has 0 aliphatic carbocycles. The number of hydrogen-bond acceptors (Lipinski definition) is 2. The van der Waals surface area contributed by atoms with Gasteiger partial charge in [-0.15, -0.1) is 0 Å². The van der Waals surface area contributed by atoms with Gasteiger partial charge < -0.3 is 4.90 Å². The molecular formula is C9H16BrF3N2. The fourth-order valence-electron chi connectivity index (χ4n) is 1.62. The zero-order valence-electron chi connectivity index (χ0n) is 8.89. The van der Waals surface area contributed by atoms with E-state index < -0.39 is 11.0 Å². The molecule has 1 rings (SSSR count). The van der Waals surface area contributed by atoms with Crippen molar-refractivity contribution >= 4 is 15.9 Å². The summed E-state index contributed by atoms with van der Waals surface area (Å²) in [5.41, 5.74) is 0. The van der Waals surface area contributed by atoms with Gasteiger partial charge in [0.2, 0.25) is 0 Å². The molecule has 0 radical (unpaired) electrons. The second-order valence-electron chi connectivity index (χ2n) is 4.10. The Morgan fingerprint density at radius 1 is 1.40 bits per heavy atom. The fourth-order valence-corrected chi connectivity index (χ4v) is 2.03. The van der Waals surface area contributed by atoms with Gasteiger partial charge in [-0.25, -0.2) is 0 Å². The number of hydrogen-bond donors (Lipinski definition) is 0. The molecule has 90 valence electrons. The molecule has 0 bridgehead atoms. The number of alkyl halides is 4. The van der Waals surface area contributed by atoms with E-state index >= 15 is 0 Å². The molecule has 1 aliphatic heterocycles. The lowest BCUT2D eigenvalue weighted by molar-refractivity contribution is -0.131. The summed E-state index contributed by atoms with van der Waals surface area (Å²) in [5, 5.41) is 0. The Hall–Kier alpha value is 0.190. The second-order valence-corrected chi connectivity index (χ2v) is 5.20. The van der Waals surface area contributed by atoms with E-state index in [1.54, 1.807) is 0 Å². The molecule has 1 saturated heterocycles. The third-order valence-corrected chi connectivity index (χ3v) is 3.63. The molecule has 0 N–H and O–H groups in total. The molecule has 0 aromatic heterocycles. The minimum atomic E-state index is -4.15. The first kappa shape index (κ1) is 13.3. The molecule has 6 heteroatoms. The molecule has 2 atom stereocenters. The van der Waals surface area contributed by atoms with Crippen molar-refractivity contribution in [2.75, 3.05) is 33.2 Å². The van der Waals surface area contributed by atoms with Gasteiger partial charge >= 0.3 is 6.18 Å². The van der Waals surface area contributed by atoms with Crippen molar-refractivity contribution in [3.63, 3.8) is 0 Å². The minimum Gasteiger partial charge on any atom is -0.301 e. The smallest absolute Gasteiger partial charge is 0.301 e. The van der Waals surface area contributed by atoms with Gasteiger partial charge in [-0.1, -0.05) is 15.9 Å². The molecule has 0 spiro atoms. The Labute approximate surface area is 96.5 Å². The SMILES string of the molecule is CC1CN(CC(Br)C(F)(F)F)CCN1C. The van der Waals surface area contributed by atoms with E-state index in [0.717, 1.165) is 6.54 Å². The number of nitrogens with zero attached hydrogens (tertiary/aromatic N) is 2. The summed E-state index contributed by atoms with van der Waals surface area (Å²) in [5.74, 6) is 0. The van der Waals surface area contributed by atoms with Gasteiger partial charge in [0, 0.05) is 32.2 Å². The lowest BCUT2D eigenvalue weighted by Gasteiger charge is -2.38. The van der Waals surface area contributed by atoms with Crippen molar-refractivity contribution in [2.45, 2.75) is 24.0 Å². The maximum Gasteiger partial charge on any atom is 0.402 e. The summed E-state index contributed by atoms with van der Waals surface area (Å²) in [4.78, 5) is 2.60. The largest absolute Gasteiger partial charge is 0.402 e. The van der Waals surface area contributed by atoms with E-state index in [2.05, 4.69) is 20.8 Å². The summed E-state index contributed by atoms with van der Waals surface area (Å²) in [6.45, 7) is 4.32. The standard InChI is InChI=1S/C9H16BrF3N2/c1-7-5-15(4-3-14(7)2)6-8(10)9(11,12)13/h7-8H,3-6H2,1-2H3. The van der Waals surface area contributed by atoms with E-state index in [0.29, 0.717) is 19.1 Å². The van der Waals surface area contributed by atoms with Gasteiger partial charge in [0.25, 0.3) is 0 Å². The summed E-state index contributed by atoms with van der Waals surface area (Å²) >= 11 is 2.69. The Morgan fingerprint density at radius 2 is 2.00 bits per heavy atom. The van der Waals surface area contributed by atoms with E-state index in [1.165, 1.54) is 0 Å². The van der Waals surface area contributed by atoms with Crippen LogP contribution in [0.4, 0.5) is 13.2 Å². The summed E-state index contributed by atoms with van der Waals surface area (Å²) in [6.07, 6.45) is -4.15. The van der Waals surface area contributed by atoms with Crippen LogP contribution in [0.15, 0.2) is 0 Å². The summed E-state index contributed by atoms with van der Waals surface area (Å²) in [6, 6.07) is 0.326. The third-order valence-electron chi connectivity index (χ3n) is 2.82. The highest BCUT2D eigenvalue weighted by atomic mass is 79.9. The molecule has 1 heterocycles. The van der Waals surface area contributed by atoms with Crippen LogP contribution in [0.5, 0.6) is 0 Å². The highest BCUT2D eigenvalue weighted by molar-refractivity contribution is 9.09. The van der Waals surface area contributed by atoms with Gasteiger partial charge in [-0.3, -0.25) is 4.90 Å². The lowest BCUT2D eigenvalue weighted by Crippen LogP contribution is -2.52. The van der Waals surface area contributed by atoms with E-state index in [-0.39, 0.29) is 6.54 Å². The highest BCUT2D eigenvalue weighted by Crippen LogP contribution is 2.27. The topological polar surface area (TPSA) is 6.48 Å². The van der Waals surface area contributed by atoms with E-state index in [1.807, 2.05) is 18.9 Å². The van der Waals surface area contributed by atoms with Crippen molar-refractivity contribution in [1.82, 2.24) is 9.80 Å². The third kappa shape index (κ3) is 3.92. The highest BCUT2D eigenvalue weighted by Gasteiger charge is 2.39. The molecule has 2 unspecified atom stereocenters. The molecule has 2 nitrogen and oxygen atoms in total. The molecule has 0 aromatic carbocycles. The molecule has 15 heavy (non-hydrogen) atoms. The molecule has 1 fully saturated rings. The fraction of sp³-hybridized carbons (Fsp3) is 1.00. The Bertz CT molecular complexity index is 210. The average Bonchev–Trinajstić information content (AvgIpc) is 2.10. The normalized spacial score (nSPS) is 28.0. The average molecular weight is 289 g/mol. The molecule has 0 saturated carbocycles. The molecule has 1 aliphatic rings. The van der Waals surface area contributed by atoms with Crippen molar-refractivity contribution in [3.8, 4) is 0 Å². The van der Waals surface area contributed by atoms with Crippen LogP contribution in [0.3, 0.4) is 0 Å². The number of rotatable bonds is 2. The Balaban J connectivity index is 2.40. The van der Waals surface area contributed by atoms with Gasteiger partial charge in [-0.05, 0) is 14.0 Å². The van der Waals surface area contributed by atoms with Crippen LogP contribution in [-0.2, 0) is 0 Å². The van der Waals surface area contributed by atoms with Crippen molar-refractivity contribution in [2.24, 2.45) is 0 Å². The molecule has 0 amide bonds. The van der Waals surface area contributed by atoms with Crippen LogP contribution >= 0.6 is 15.9 Å². The first-order chi connectivity index (χ1) is 6.80. The van der Waals surface area contributed by atoms with Crippen LogP contribution in [0.25, 0.3) is 0 Å². The maximum atomic E-state index is 12.3. The van der Waals surface area contributed by atoms with Crippen molar-refractivity contribution in [1.29, 1.82) is 0 Å². The van der Waals surface area contributed by atoms with Crippen molar-refractivity contribution < 1.29 is 13.2 Å². The lowest BCUT2D eigenvalue weighted by atomic mass is 10.2. The first-order valence-electron chi connectivity index (χ1n) is 4.94. The number of likely N-dealkylation sites (N-methyl/N-ethyl adjacent to an activating group) is 1. The quantitative estimate of drug-likeness (QED) is 0.717. The van der Waals surface area contributed by atoms with Crippen LogP contribution < -0.4 is 0 Å². The minimum absolute atomic E-state index is 0.0433. The monoisotopic (exact) mass is 288 g/mol. The number of piperazine rings is 1. The zero-order valence-corrected chi connectivity index (χ0v) is 10.5. The predicted octanol–water partition coefficient (Wildman–Crippen LogP) is 1.95. The van der Waals surface area contributed by atoms with E-state index in [4.69, 9.17) is 0 Å². The van der Waals surface area contributed by atoms with Crippen LogP contribution in [0.1, 0.15) is 6.92 Å². The second kappa shape index (κ2) is 5.01. The molecule has 0 aromatic rings. The van der Waals surface area contributed by atoms with Crippen LogP contribution in [-0.4, -0.2) is 60.1 Å². The maximum absolute atomic E-state index is 12.3. The van der Waals surface area contributed by atoms with Crippen LogP contribution in [0.2, 0.25) is 0 Å². The Kier molecular flexibility index (Phi) is 4.43. The Morgan fingerprint density at radius 3 is 2.47 bits per heavy atom. The van der Waals surface area contributed by atoms with Gasteiger partial charge in [0.1, 0.15) is 4.83 Å². The van der Waals surface area contributed by atoms with Gasteiger partial charge in [-0.2, -0.15) is 13.2 Å². The zero-order chi connectivity index (χ0) is 11.6. The van der Waals surface area contributed by atoms with Crippen LogP contribution in [0, 0.1) is 0 Å². The van der Waals surface area contributed by atoms with Gasteiger partial charge in [0.15, 0.2) is 0 Å². The van der Waals surface area contributed by atoms with E-state index in [9.17, 15) is 13.2 Å². The van der Waals surface area contributed by atoms with Crippen molar-refractivity contribution in [3.05, 3.63) is 0 Å². The van der Waals surface area contributed by atoms with Gasteiger partial charge in [0.05, 0.1) is 0 Å². The summed E-state index contributed by atoms with van der Waals surface area (Å²) in [7, 11) is 2.00. The first-order valence-corrected chi connectivity index (χ1v) is 5.85. The predicted molar refractivity (Wildman–Crippen MR) is 57.3 cm³/mol.